The van der Waals surface area contributed by atoms with Crippen LogP contribution >= 0.6 is 0 Å². The summed E-state index contributed by atoms with van der Waals surface area (Å²) in [6.07, 6.45) is 3.24. The van der Waals surface area contributed by atoms with Crippen LogP contribution < -0.4 is 5.56 Å². The fourth-order valence-corrected chi connectivity index (χ4v) is 1.98. The van der Waals surface area contributed by atoms with Gasteiger partial charge in [-0.05, 0) is 13.8 Å². The molecule has 21 heavy (non-hydrogen) atoms. The first-order valence-electron chi connectivity index (χ1n) is 6.59. The summed E-state index contributed by atoms with van der Waals surface area (Å²) < 4.78 is 1.65. The second-order valence-electron chi connectivity index (χ2n) is 4.45. The summed E-state index contributed by atoms with van der Waals surface area (Å²) in [5, 5.41) is 9.82. The number of aromatic hydroxyl groups is 1. The fourth-order valence-electron chi connectivity index (χ4n) is 1.98. The molecule has 112 valence electrons. The Labute approximate surface area is 121 Å². The minimum Gasteiger partial charge on any atom is -0.501 e. The summed E-state index contributed by atoms with van der Waals surface area (Å²) in [4.78, 5) is 36.2. The first kappa shape index (κ1) is 14.8. The molecule has 0 aliphatic carbocycles. The van der Waals surface area contributed by atoms with Gasteiger partial charge in [-0.25, -0.2) is 9.97 Å². The van der Waals surface area contributed by atoms with Gasteiger partial charge in [0.15, 0.2) is 17.3 Å². The average molecular weight is 291 g/mol. The number of carbonyl (C=O) groups excluding carboxylic acids is 1. The van der Waals surface area contributed by atoms with E-state index < -0.39 is 17.2 Å². The van der Waals surface area contributed by atoms with Crippen molar-refractivity contribution in [2.75, 3.05) is 13.1 Å². The van der Waals surface area contributed by atoms with Crippen LogP contribution in [-0.4, -0.2) is 48.5 Å². The van der Waals surface area contributed by atoms with Gasteiger partial charge in [0.2, 0.25) is 5.75 Å². The highest BCUT2D eigenvalue weighted by molar-refractivity contribution is 5.95. The van der Waals surface area contributed by atoms with Gasteiger partial charge >= 0.3 is 0 Å². The molecule has 0 aromatic carbocycles. The average Bonchev–Trinajstić information content (AvgIpc) is 2.89. The lowest BCUT2D eigenvalue weighted by atomic mass is 10.3. The highest BCUT2D eigenvalue weighted by atomic mass is 16.3. The first-order chi connectivity index (χ1) is 9.99. The minimum absolute atomic E-state index is 0.140. The third kappa shape index (κ3) is 2.64. The van der Waals surface area contributed by atoms with Crippen LogP contribution in [0.1, 0.15) is 24.3 Å². The Hall–Kier alpha value is -2.64. The summed E-state index contributed by atoms with van der Waals surface area (Å²) in [7, 11) is 1.74. The Kier molecular flexibility index (Phi) is 4.06. The fraction of sp³-hybridized carbons (Fsp3) is 0.385. The molecule has 2 N–H and O–H groups in total. The molecular formula is C13H17N5O3. The van der Waals surface area contributed by atoms with Crippen LogP contribution in [-0.2, 0) is 7.05 Å². The minimum atomic E-state index is -0.765. The molecule has 2 aromatic rings. The third-order valence-corrected chi connectivity index (χ3v) is 3.18. The van der Waals surface area contributed by atoms with Gasteiger partial charge in [-0.2, -0.15) is 0 Å². The maximum atomic E-state index is 12.3. The van der Waals surface area contributed by atoms with Crippen LogP contribution in [0.4, 0.5) is 0 Å². The summed E-state index contributed by atoms with van der Waals surface area (Å²) in [6.45, 7) is 4.54. The third-order valence-electron chi connectivity index (χ3n) is 3.18. The van der Waals surface area contributed by atoms with E-state index in [1.807, 2.05) is 13.8 Å². The summed E-state index contributed by atoms with van der Waals surface area (Å²) in [5.74, 6) is -0.620. The molecule has 8 nitrogen and oxygen atoms in total. The predicted octanol–water partition coefficient (Wildman–Crippen LogP) is 0.358. The zero-order chi connectivity index (χ0) is 15.6. The Morgan fingerprint density at radius 2 is 2.10 bits per heavy atom. The van der Waals surface area contributed by atoms with Crippen molar-refractivity contribution in [2.24, 2.45) is 7.05 Å². The van der Waals surface area contributed by atoms with Gasteiger partial charge in [-0.3, -0.25) is 9.59 Å². The lowest BCUT2D eigenvalue weighted by Gasteiger charge is -2.18. The van der Waals surface area contributed by atoms with Gasteiger partial charge < -0.3 is 19.6 Å². The van der Waals surface area contributed by atoms with Gasteiger partial charge in [0.1, 0.15) is 0 Å². The number of aromatic nitrogens is 4. The largest absolute Gasteiger partial charge is 0.501 e. The molecule has 2 rings (SSSR count). The van der Waals surface area contributed by atoms with E-state index in [1.54, 1.807) is 24.0 Å². The summed E-state index contributed by atoms with van der Waals surface area (Å²) >= 11 is 0. The Balaban J connectivity index is 2.57. The molecule has 2 heterocycles. The number of hydrogen-bond acceptors (Lipinski definition) is 5. The van der Waals surface area contributed by atoms with Crippen LogP contribution in [0.3, 0.4) is 0 Å². The Bertz CT molecular complexity index is 715. The molecule has 0 fully saturated rings. The van der Waals surface area contributed by atoms with Crippen LogP contribution in [0, 0.1) is 0 Å². The van der Waals surface area contributed by atoms with E-state index >= 15 is 0 Å². The molecule has 2 aromatic heterocycles. The second kappa shape index (κ2) is 5.78. The number of imidazole rings is 1. The topological polar surface area (TPSA) is 104 Å². The molecule has 0 saturated heterocycles. The molecule has 0 bridgehead atoms. The van der Waals surface area contributed by atoms with E-state index in [9.17, 15) is 14.7 Å². The number of carbonyl (C=O) groups is 1. The van der Waals surface area contributed by atoms with Crippen molar-refractivity contribution >= 4 is 5.91 Å². The smallest absolute Gasteiger partial charge is 0.294 e. The normalized spacial score (nSPS) is 10.6. The standard InChI is InChI=1S/C13H17N5O3/c1-4-18(5-2)13(21)8-9(19)12(20)16-10(15-8)11-14-6-7-17(11)3/h6-7,19H,4-5H2,1-3H3,(H,15,16,20). The van der Waals surface area contributed by atoms with Crippen LogP contribution in [0.5, 0.6) is 5.75 Å². The van der Waals surface area contributed by atoms with Crippen LogP contribution in [0.2, 0.25) is 0 Å². The number of rotatable bonds is 4. The number of amides is 1. The molecule has 0 radical (unpaired) electrons. The van der Waals surface area contributed by atoms with Gasteiger partial charge in [0.05, 0.1) is 0 Å². The zero-order valence-corrected chi connectivity index (χ0v) is 12.1. The monoisotopic (exact) mass is 291 g/mol. The van der Waals surface area contributed by atoms with E-state index in [0.29, 0.717) is 18.9 Å². The lowest BCUT2D eigenvalue weighted by Crippen LogP contribution is -2.32. The van der Waals surface area contributed by atoms with Crippen molar-refractivity contribution < 1.29 is 9.90 Å². The van der Waals surface area contributed by atoms with Crippen molar-refractivity contribution in [1.29, 1.82) is 0 Å². The second-order valence-corrected chi connectivity index (χ2v) is 4.45. The molecule has 0 saturated carbocycles. The van der Waals surface area contributed by atoms with E-state index in [-0.39, 0.29) is 11.5 Å². The van der Waals surface area contributed by atoms with E-state index in [0.717, 1.165) is 0 Å². The molecule has 8 heteroatoms. The molecule has 0 unspecified atom stereocenters. The SMILES string of the molecule is CCN(CC)C(=O)c1nc(-c2nccn2C)[nH]c(=O)c1O. The zero-order valence-electron chi connectivity index (χ0n) is 12.1. The lowest BCUT2D eigenvalue weighted by molar-refractivity contribution is 0.0763. The quantitative estimate of drug-likeness (QED) is 0.846. The van der Waals surface area contributed by atoms with Gasteiger partial charge in [0, 0.05) is 32.5 Å². The first-order valence-corrected chi connectivity index (χ1v) is 6.59. The highest BCUT2D eigenvalue weighted by Gasteiger charge is 2.23. The van der Waals surface area contributed by atoms with Gasteiger partial charge in [0.25, 0.3) is 11.5 Å². The molecule has 0 aliphatic rings. The summed E-state index contributed by atoms with van der Waals surface area (Å²) in [5.41, 5.74) is -1.03. The van der Waals surface area contributed by atoms with Gasteiger partial charge in [-0.1, -0.05) is 0 Å². The number of nitrogens with zero attached hydrogens (tertiary/aromatic N) is 4. The number of nitrogens with one attached hydrogen (secondary N) is 1. The number of hydrogen-bond donors (Lipinski definition) is 2. The Morgan fingerprint density at radius 1 is 1.43 bits per heavy atom. The van der Waals surface area contributed by atoms with Crippen LogP contribution in [0.25, 0.3) is 11.6 Å². The maximum absolute atomic E-state index is 12.3. The van der Waals surface area contributed by atoms with Crippen molar-refractivity contribution in [1.82, 2.24) is 24.4 Å². The van der Waals surface area contributed by atoms with Crippen molar-refractivity contribution in [3.05, 3.63) is 28.4 Å². The number of aryl methyl sites for hydroxylation is 1. The van der Waals surface area contributed by atoms with Crippen molar-refractivity contribution in [2.45, 2.75) is 13.8 Å². The molecular weight excluding hydrogens is 274 g/mol. The molecule has 0 atom stereocenters. The Morgan fingerprint density at radius 3 is 2.62 bits per heavy atom. The predicted molar refractivity (Wildman–Crippen MR) is 76.0 cm³/mol. The van der Waals surface area contributed by atoms with Gasteiger partial charge in [-0.15, -0.1) is 0 Å². The van der Waals surface area contributed by atoms with Crippen LogP contribution in [0.15, 0.2) is 17.2 Å². The maximum Gasteiger partial charge on any atom is 0.294 e. The van der Waals surface area contributed by atoms with E-state index in [1.165, 1.54) is 4.90 Å². The number of aromatic amines is 1. The van der Waals surface area contributed by atoms with Crippen molar-refractivity contribution in [3.8, 4) is 17.4 Å². The molecule has 1 amide bonds. The summed E-state index contributed by atoms with van der Waals surface area (Å²) in [6, 6.07) is 0. The van der Waals surface area contributed by atoms with E-state index in [4.69, 9.17) is 0 Å². The van der Waals surface area contributed by atoms with E-state index in [2.05, 4.69) is 15.0 Å². The highest BCUT2D eigenvalue weighted by Crippen LogP contribution is 2.16. The molecule has 0 spiro atoms. The number of H-pyrrole nitrogens is 1. The molecule has 0 aliphatic heterocycles. The van der Waals surface area contributed by atoms with Crippen molar-refractivity contribution in [3.63, 3.8) is 0 Å².